The normalized spacial score (nSPS) is 21.2. The van der Waals surface area contributed by atoms with Crippen molar-refractivity contribution in [1.82, 2.24) is 14.7 Å². The number of benzene rings is 1. The topological polar surface area (TPSA) is 88.9 Å². The molecule has 1 aromatic carbocycles. The Hall–Kier alpha value is -2.74. The second kappa shape index (κ2) is 7.71. The molecule has 28 heavy (non-hydrogen) atoms. The number of aliphatic hydroxyl groups excluding tert-OH is 1. The number of hydrogen-bond acceptors (Lipinski definition) is 5. The number of carbonyl (C=O) groups excluding carboxylic acids is 1. The highest BCUT2D eigenvalue weighted by molar-refractivity contribution is 5.88. The van der Waals surface area contributed by atoms with E-state index in [0.29, 0.717) is 30.5 Å². The number of β-amino-alcohol motifs (C(OH)–C–C–N with tert-alkyl or cyclic N) is 1. The summed E-state index contributed by atoms with van der Waals surface area (Å²) in [6.07, 6.45) is 1.72. The lowest BCUT2D eigenvalue weighted by Crippen LogP contribution is -2.47. The number of piperidine rings is 1. The molecule has 3 heterocycles. The molecular formula is C20H26N4O4. The van der Waals surface area contributed by atoms with Gasteiger partial charge in [-0.3, -0.25) is 5.32 Å². The van der Waals surface area contributed by atoms with Crippen LogP contribution in [0.5, 0.6) is 11.5 Å². The van der Waals surface area contributed by atoms with E-state index in [1.807, 2.05) is 18.2 Å². The van der Waals surface area contributed by atoms with E-state index in [9.17, 15) is 9.90 Å². The molecule has 150 valence electrons. The predicted octanol–water partition coefficient (Wildman–Crippen LogP) is 2.65. The molecule has 2 aliphatic rings. The van der Waals surface area contributed by atoms with E-state index >= 15 is 0 Å². The van der Waals surface area contributed by atoms with E-state index in [2.05, 4.69) is 24.3 Å². The first-order valence-corrected chi connectivity index (χ1v) is 9.66. The van der Waals surface area contributed by atoms with Crippen molar-refractivity contribution in [3.05, 3.63) is 36.0 Å². The van der Waals surface area contributed by atoms with Gasteiger partial charge in [0, 0.05) is 31.6 Å². The van der Waals surface area contributed by atoms with Crippen LogP contribution in [-0.2, 0) is 6.54 Å². The van der Waals surface area contributed by atoms with Crippen molar-refractivity contribution in [2.24, 2.45) is 5.92 Å². The van der Waals surface area contributed by atoms with Crippen molar-refractivity contribution in [2.45, 2.75) is 38.8 Å². The summed E-state index contributed by atoms with van der Waals surface area (Å²) in [5, 5.41) is 17.9. The fourth-order valence-corrected chi connectivity index (χ4v) is 3.77. The number of nitrogens with zero attached hydrogens (tertiary/aromatic N) is 3. The van der Waals surface area contributed by atoms with Gasteiger partial charge in [-0.25, -0.2) is 9.48 Å². The second-order valence-electron chi connectivity index (χ2n) is 7.74. The third-order valence-corrected chi connectivity index (χ3v) is 5.18. The van der Waals surface area contributed by atoms with Crippen LogP contribution in [0.4, 0.5) is 10.6 Å². The molecule has 0 aliphatic carbocycles. The first kappa shape index (κ1) is 18.6. The summed E-state index contributed by atoms with van der Waals surface area (Å²) in [6, 6.07) is 7.33. The summed E-state index contributed by atoms with van der Waals surface area (Å²) in [5.74, 6) is 2.50. The van der Waals surface area contributed by atoms with Crippen LogP contribution in [0, 0.1) is 5.92 Å². The molecule has 1 aromatic heterocycles. The summed E-state index contributed by atoms with van der Waals surface area (Å²) in [6.45, 7) is 6.02. The number of hydrogen-bond donors (Lipinski definition) is 2. The minimum Gasteiger partial charge on any atom is -0.454 e. The van der Waals surface area contributed by atoms with Crippen LogP contribution >= 0.6 is 0 Å². The quantitative estimate of drug-likeness (QED) is 0.843. The zero-order valence-electron chi connectivity index (χ0n) is 16.2. The Morgan fingerprint density at radius 3 is 2.93 bits per heavy atom. The number of nitrogens with one attached hydrogen (secondary N) is 1. The van der Waals surface area contributed by atoms with Crippen LogP contribution in [0.2, 0.25) is 0 Å². The van der Waals surface area contributed by atoms with Crippen molar-refractivity contribution in [3.63, 3.8) is 0 Å². The maximum Gasteiger partial charge on any atom is 0.323 e. The fourth-order valence-electron chi connectivity index (χ4n) is 3.77. The summed E-state index contributed by atoms with van der Waals surface area (Å²) in [5.41, 5.74) is 1.01. The predicted molar refractivity (Wildman–Crippen MR) is 104 cm³/mol. The number of ether oxygens (including phenoxy) is 2. The van der Waals surface area contributed by atoms with Gasteiger partial charge in [-0.05, 0) is 30.0 Å². The van der Waals surface area contributed by atoms with Gasteiger partial charge in [0.2, 0.25) is 6.79 Å². The standard InChI is InChI=1S/C20H26N4O4/c1-13(2)10-24-19(5-7-21-24)22-20(26)23-8-6-15(16(25)11-23)14-3-4-17-18(9-14)28-12-27-17/h3-5,7,9,13,15-16,25H,6,8,10-12H2,1-2H3,(H,22,26)/t15-,16+/m1/s1. The minimum absolute atomic E-state index is 0.0370. The van der Waals surface area contributed by atoms with Crippen molar-refractivity contribution in [2.75, 3.05) is 25.2 Å². The van der Waals surface area contributed by atoms with Crippen LogP contribution in [0.3, 0.4) is 0 Å². The smallest absolute Gasteiger partial charge is 0.323 e. The molecule has 8 nitrogen and oxygen atoms in total. The van der Waals surface area contributed by atoms with E-state index in [0.717, 1.165) is 17.9 Å². The average Bonchev–Trinajstić information content (AvgIpc) is 3.30. The van der Waals surface area contributed by atoms with Gasteiger partial charge < -0.3 is 19.5 Å². The van der Waals surface area contributed by atoms with E-state index in [1.54, 1.807) is 21.8 Å². The number of urea groups is 1. The molecule has 2 amide bonds. The molecule has 0 radical (unpaired) electrons. The largest absolute Gasteiger partial charge is 0.454 e. The molecule has 1 fully saturated rings. The van der Waals surface area contributed by atoms with E-state index in [-0.39, 0.29) is 25.3 Å². The molecule has 0 bridgehead atoms. The zero-order valence-corrected chi connectivity index (χ0v) is 16.2. The van der Waals surface area contributed by atoms with Crippen LogP contribution in [0.25, 0.3) is 0 Å². The summed E-state index contributed by atoms with van der Waals surface area (Å²) in [4.78, 5) is 14.3. The minimum atomic E-state index is -0.638. The van der Waals surface area contributed by atoms with Gasteiger partial charge >= 0.3 is 6.03 Å². The SMILES string of the molecule is CC(C)Cn1nccc1NC(=O)N1CC[C@H](c2ccc3c(c2)OCO3)[C@@H](O)C1. The van der Waals surface area contributed by atoms with Crippen molar-refractivity contribution >= 4 is 11.8 Å². The summed E-state index contributed by atoms with van der Waals surface area (Å²) in [7, 11) is 0. The highest BCUT2D eigenvalue weighted by atomic mass is 16.7. The molecule has 4 rings (SSSR count). The third kappa shape index (κ3) is 3.77. The summed E-state index contributed by atoms with van der Waals surface area (Å²) >= 11 is 0. The molecular weight excluding hydrogens is 360 g/mol. The molecule has 8 heteroatoms. The van der Waals surface area contributed by atoms with E-state index in [4.69, 9.17) is 9.47 Å². The monoisotopic (exact) mass is 386 g/mol. The van der Waals surface area contributed by atoms with Crippen LogP contribution in [-0.4, -0.2) is 51.8 Å². The lowest BCUT2D eigenvalue weighted by Gasteiger charge is -2.36. The number of amides is 2. The number of likely N-dealkylation sites (tertiary alicyclic amines) is 1. The van der Waals surface area contributed by atoms with Crippen LogP contribution in [0.1, 0.15) is 31.7 Å². The molecule has 0 spiro atoms. The van der Waals surface area contributed by atoms with Gasteiger partial charge in [-0.2, -0.15) is 5.10 Å². The third-order valence-electron chi connectivity index (χ3n) is 5.18. The molecule has 2 aromatic rings. The first-order valence-electron chi connectivity index (χ1n) is 9.66. The first-order chi connectivity index (χ1) is 13.5. The number of aliphatic hydroxyl groups is 1. The number of carbonyl (C=O) groups is 1. The molecule has 2 N–H and O–H groups in total. The summed E-state index contributed by atoms with van der Waals surface area (Å²) < 4.78 is 12.6. The van der Waals surface area contributed by atoms with Gasteiger partial charge in [-0.15, -0.1) is 0 Å². The second-order valence-corrected chi connectivity index (χ2v) is 7.74. The van der Waals surface area contributed by atoms with Gasteiger partial charge in [-0.1, -0.05) is 19.9 Å². The molecule has 1 saturated heterocycles. The Kier molecular flexibility index (Phi) is 5.13. The number of aromatic nitrogens is 2. The van der Waals surface area contributed by atoms with Gasteiger partial charge in [0.25, 0.3) is 0 Å². The van der Waals surface area contributed by atoms with E-state index < -0.39 is 6.10 Å². The van der Waals surface area contributed by atoms with Gasteiger partial charge in [0.15, 0.2) is 11.5 Å². The van der Waals surface area contributed by atoms with Crippen LogP contribution < -0.4 is 14.8 Å². The number of rotatable bonds is 4. The Morgan fingerprint density at radius 1 is 1.32 bits per heavy atom. The number of anilines is 1. The molecule has 2 aliphatic heterocycles. The molecule has 0 unspecified atom stereocenters. The highest BCUT2D eigenvalue weighted by Crippen LogP contribution is 2.37. The van der Waals surface area contributed by atoms with Crippen molar-refractivity contribution < 1.29 is 19.4 Å². The maximum atomic E-state index is 12.7. The van der Waals surface area contributed by atoms with Gasteiger partial charge in [0.1, 0.15) is 5.82 Å². The molecule has 2 atom stereocenters. The maximum absolute atomic E-state index is 12.7. The number of fused-ring (bicyclic) bond motifs is 1. The Labute approximate surface area is 164 Å². The molecule has 0 saturated carbocycles. The Bertz CT molecular complexity index is 850. The average molecular weight is 386 g/mol. The van der Waals surface area contributed by atoms with Gasteiger partial charge in [0.05, 0.1) is 12.3 Å². The van der Waals surface area contributed by atoms with Crippen molar-refractivity contribution in [3.8, 4) is 11.5 Å². The lowest BCUT2D eigenvalue weighted by atomic mass is 9.87. The van der Waals surface area contributed by atoms with E-state index in [1.165, 1.54) is 0 Å². The zero-order chi connectivity index (χ0) is 19.7. The highest BCUT2D eigenvalue weighted by Gasteiger charge is 2.32. The fraction of sp³-hybridized carbons (Fsp3) is 0.500. The Morgan fingerprint density at radius 2 is 2.14 bits per heavy atom. The van der Waals surface area contributed by atoms with Crippen LogP contribution in [0.15, 0.2) is 30.5 Å². The Balaban J connectivity index is 1.39. The lowest BCUT2D eigenvalue weighted by molar-refractivity contribution is 0.0687. The van der Waals surface area contributed by atoms with Crippen molar-refractivity contribution in [1.29, 1.82) is 0 Å².